The van der Waals surface area contributed by atoms with Crippen LogP contribution in [0, 0.1) is 5.82 Å². The normalized spacial score (nSPS) is 11.2. The van der Waals surface area contributed by atoms with Crippen LogP contribution in [0.1, 0.15) is 0 Å². The van der Waals surface area contributed by atoms with E-state index in [0.717, 1.165) is 10.7 Å². The molecule has 0 spiro atoms. The Bertz CT molecular complexity index is 659. The topological polar surface area (TPSA) is 59.1 Å². The minimum atomic E-state index is -3.79. The van der Waals surface area contributed by atoms with Gasteiger partial charge in [-0.25, -0.2) is 12.8 Å². The third-order valence-corrected chi connectivity index (χ3v) is 4.05. The Kier molecular flexibility index (Phi) is 3.63. The molecule has 1 heterocycles. The molecule has 7 heteroatoms. The second-order valence-corrected chi connectivity index (χ2v) is 6.01. The maximum absolute atomic E-state index is 13.3. The van der Waals surface area contributed by atoms with Crippen LogP contribution in [0.25, 0.3) is 0 Å². The number of halogens is 2. The van der Waals surface area contributed by atoms with Gasteiger partial charge in [0.15, 0.2) is 5.82 Å². The van der Waals surface area contributed by atoms with Crippen molar-refractivity contribution < 1.29 is 12.8 Å². The SMILES string of the molecule is O=S(=O)(Nc1ccncc1F)c1ccc(Br)cc1. The number of hydrogen-bond donors (Lipinski definition) is 1. The van der Waals surface area contributed by atoms with Crippen molar-refractivity contribution in [1.29, 1.82) is 0 Å². The van der Waals surface area contributed by atoms with Gasteiger partial charge < -0.3 is 0 Å². The summed E-state index contributed by atoms with van der Waals surface area (Å²) in [5.74, 6) is -0.724. The van der Waals surface area contributed by atoms with Crippen LogP contribution >= 0.6 is 15.9 Å². The first-order chi connectivity index (χ1) is 8.49. The second kappa shape index (κ2) is 5.03. The summed E-state index contributed by atoms with van der Waals surface area (Å²) in [5, 5.41) is 0. The van der Waals surface area contributed by atoms with Gasteiger partial charge in [0, 0.05) is 10.7 Å². The van der Waals surface area contributed by atoms with Crippen LogP contribution in [0.3, 0.4) is 0 Å². The molecule has 4 nitrogen and oxygen atoms in total. The zero-order chi connectivity index (χ0) is 13.2. The average molecular weight is 331 g/mol. The Hall–Kier alpha value is -1.47. The van der Waals surface area contributed by atoms with E-state index in [9.17, 15) is 12.8 Å². The van der Waals surface area contributed by atoms with Crippen molar-refractivity contribution in [2.45, 2.75) is 4.90 Å². The van der Waals surface area contributed by atoms with Gasteiger partial charge in [0.05, 0.1) is 16.8 Å². The molecule has 0 unspecified atom stereocenters. The van der Waals surface area contributed by atoms with Gasteiger partial charge in [-0.1, -0.05) is 15.9 Å². The van der Waals surface area contributed by atoms with Gasteiger partial charge in [0.25, 0.3) is 10.0 Å². The summed E-state index contributed by atoms with van der Waals surface area (Å²) >= 11 is 3.21. The minimum absolute atomic E-state index is 0.0573. The van der Waals surface area contributed by atoms with E-state index in [2.05, 4.69) is 25.6 Å². The summed E-state index contributed by atoms with van der Waals surface area (Å²) in [6.45, 7) is 0. The van der Waals surface area contributed by atoms with Crippen molar-refractivity contribution in [3.05, 3.63) is 53.0 Å². The van der Waals surface area contributed by atoms with E-state index < -0.39 is 15.8 Å². The number of nitrogens with one attached hydrogen (secondary N) is 1. The Morgan fingerprint density at radius 3 is 2.44 bits per heavy atom. The standard InChI is InChI=1S/C11H8BrFN2O2S/c12-8-1-3-9(4-2-8)18(16,17)15-11-5-6-14-7-10(11)13/h1-7H,(H,14,15). The summed E-state index contributed by atoms with van der Waals surface area (Å²) in [7, 11) is -3.79. The van der Waals surface area contributed by atoms with Crippen molar-refractivity contribution in [2.75, 3.05) is 4.72 Å². The minimum Gasteiger partial charge on any atom is -0.277 e. The average Bonchev–Trinajstić information content (AvgIpc) is 2.32. The molecule has 0 fully saturated rings. The van der Waals surface area contributed by atoms with Gasteiger partial charge in [-0.15, -0.1) is 0 Å². The fourth-order valence-electron chi connectivity index (χ4n) is 1.28. The highest BCUT2D eigenvalue weighted by Gasteiger charge is 2.15. The molecule has 2 rings (SSSR count). The first-order valence-corrected chi connectivity index (χ1v) is 7.14. The largest absolute Gasteiger partial charge is 0.277 e. The van der Waals surface area contributed by atoms with E-state index in [0.29, 0.717) is 0 Å². The Labute approximate surface area is 112 Å². The van der Waals surface area contributed by atoms with E-state index in [1.807, 2.05) is 0 Å². The number of sulfonamides is 1. The third-order valence-electron chi connectivity index (χ3n) is 2.14. The Morgan fingerprint density at radius 1 is 1.17 bits per heavy atom. The van der Waals surface area contributed by atoms with Gasteiger partial charge in [-0.05, 0) is 30.3 Å². The van der Waals surface area contributed by atoms with Crippen molar-refractivity contribution in [2.24, 2.45) is 0 Å². The highest BCUT2D eigenvalue weighted by Crippen LogP contribution is 2.19. The lowest BCUT2D eigenvalue weighted by atomic mass is 10.4. The molecule has 0 bridgehead atoms. The molecule has 1 aromatic carbocycles. The van der Waals surface area contributed by atoms with E-state index in [1.54, 1.807) is 12.1 Å². The van der Waals surface area contributed by atoms with Gasteiger partial charge in [0.2, 0.25) is 0 Å². The van der Waals surface area contributed by atoms with Crippen LogP contribution < -0.4 is 4.72 Å². The molecule has 0 aliphatic rings. The number of hydrogen-bond acceptors (Lipinski definition) is 3. The molecule has 0 saturated carbocycles. The highest BCUT2D eigenvalue weighted by atomic mass is 79.9. The summed E-state index contributed by atoms with van der Waals surface area (Å²) in [6, 6.07) is 7.29. The molecule has 0 aliphatic heterocycles. The summed E-state index contributed by atoms with van der Waals surface area (Å²) < 4.78 is 40.1. The Balaban J connectivity index is 2.33. The van der Waals surface area contributed by atoms with Crippen LogP contribution in [0.5, 0.6) is 0 Å². The van der Waals surface area contributed by atoms with Crippen LogP contribution in [0.15, 0.2) is 52.1 Å². The van der Waals surface area contributed by atoms with Crippen LogP contribution in [0.2, 0.25) is 0 Å². The molecule has 0 aliphatic carbocycles. The van der Waals surface area contributed by atoms with E-state index >= 15 is 0 Å². The third kappa shape index (κ3) is 2.85. The first-order valence-electron chi connectivity index (χ1n) is 4.87. The van der Waals surface area contributed by atoms with E-state index in [-0.39, 0.29) is 10.6 Å². The lowest BCUT2D eigenvalue weighted by Crippen LogP contribution is -2.13. The van der Waals surface area contributed by atoms with E-state index in [1.165, 1.54) is 24.4 Å². The molecule has 2 aromatic rings. The molecule has 0 amide bonds. The van der Waals surface area contributed by atoms with Crippen molar-refractivity contribution in [1.82, 2.24) is 4.98 Å². The summed E-state index contributed by atoms with van der Waals surface area (Å²) in [5.41, 5.74) is -0.132. The number of aromatic nitrogens is 1. The lowest BCUT2D eigenvalue weighted by Gasteiger charge is -2.08. The van der Waals surface area contributed by atoms with Crippen molar-refractivity contribution in [3.63, 3.8) is 0 Å². The predicted octanol–water partition coefficient (Wildman–Crippen LogP) is 2.78. The molecule has 0 atom stereocenters. The molecule has 94 valence electrons. The fraction of sp³-hybridized carbons (Fsp3) is 0. The van der Waals surface area contributed by atoms with Gasteiger partial charge in [0.1, 0.15) is 0 Å². The molecule has 1 N–H and O–H groups in total. The molecule has 0 saturated heterocycles. The monoisotopic (exact) mass is 330 g/mol. The van der Waals surface area contributed by atoms with Crippen molar-refractivity contribution >= 4 is 31.6 Å². The number of nitrogens with zero attached hydrogens (tertiary/aromatic N) is 1. The predicted molar refractivity (Wildman–Crippen MR) is 69.1 cm³/mol. The smallest absolute Gasteiger partial charge is 0.261 e. The van der Waals surface area contributed by atoms with Gasteiger partial charge >= 0.3 is 0 Å². The molecule has 0 radical (unpaired) electrons. The molecule has 18 heavy (non-hydrogen) atoms. The molecule has 1 aromatic heterocycles. The number of anilines is 1. The van der Waals surface area contributed by atoms with Gasteiger partial charge in [-0.2, -0.15) is 0 Å². The Morgan fingerprint density at radius 2 is 1.83 bits per heavy atom. The second-order valence-electron chi connectivity index (χ2n) is 3.41. The lowest BCUT2D eigenvalue weighted by molar-refractivity contribution is 0.598. The molecular formula is C11H8BrFN2O2S. The highest BCUT2D eigenvalue weighted by molar-refractivity contribution is 9.10. The zero-order valence-electron chi connectivity index (χ0n) is 8.97. The quantitative estimate of drug-likeness (QED) is 0.941. The summed E-state index contributed by atoms with van der Waals surface area (Å²) in [4.78, 5) is 3.60. The van der Waals surface area contributed by atoms with Crippen LogP contribution in [-0.4, -0.2) is 13.4 Å². The first kappa shape index (κ1) is 13.0. The van der Waals surface area contributed by atoms with Crippen LogP contribution in [0.4, 0.5) is 10.1 Å². The maximum atomic E-state index is 13.3. The maximum Gasteiger partial charge on any atom is 0.261 e. The van der Waals surface area contributed by atoms with E-state index in [4.69, 9.17) is 0 Å². The van der Waals surface area contributed by atoms with Gasteiger partial charge in [-0.3, -0.25) is 9.71 Å². The van der Waals surface area contributed by atoms with Crippen molar-refractivity contribution in [3.8, 4) is 0 Å². The zero-order valence-corrected chi connectivity index (χ0v) is 11.4. The number of pyridine rings is 1. The number of benzene rings is 1. The van der Waals surface area contributed by atoms with Crippen LogP contribution in [-0.2, 0) is 10.0 Å². The molecular weight excluding hydrogens is 323 g/mol. The number of rotatable bonds is 3. The summed E-state index contributed by atoms with van der Waals surface area (Å²) in [6.07, 6.45) is 2.25. The fourth-order valence-corrected chi connectivity index (χ4v) is 2.61.